The SMILES string of the molecule is CC(C)c1ccccc1OCC(=O)NNC(=S)NC(=O)CCC(=O)OCCCc1ccccc1. The molecule has 0 fully saturated rings. The summed E-state index contributed by atoms with van der Waals surface area (Å²) >= 11 is 4.98. The number of rotatable bonds is 11. The highest BCUT2D eigenvalue weighted by Crippen LogP contribution is 2.25. The second kappa shape index (κ2) is 14.6. The predicted octanol–water partition coefficient (Wildman–Crippen LogP) is 3.17. The summed E-state index contributed by atoms with van der Waals surface area (Å²) in [4.78, 5) is 35.7. The Labute approximate surface area is 205 Å². The van der Waals surface area contributed by atoms with E-state index in [9.17, 15) is 14.4 Å². The molecule has 34 heavy (non-hydrogen) atoms. The van der Waals surface area contributed by atoms with Crippen LogP contribution in [0.5, 0.6) is 5.75 Å². The molecular formula is C25H31N3O5S. The third-order valence-corrected chi connectivity index (χ3v) is 4.94. The van der Waals surface area contributed by atoms with Crippen LogP contribution in [0.3, 0.4) is 0 Å². The minimum Gasteiger partial charge on any atom is -0.483 e. The lowest BCUT2D eigenvalue weighted by Crippen LogP contribution is -2.49. The molecule has 0 atom stereocenters. The van der Waals surface area contributed by atoms with Gasteiger partial charge in [-0.05, 0) is 48.2 Å². The molecule has 2 aromatic rings. The summed E-state index contributed by atoms with van der Waals surface area (Å²) in [6.45, 7) is 4.15. The molecule has 0 heterocycles. The van der Waals surface area contributed by atoms with Crippen LogP contribution >= 0.6 is 12.2 Å². The van der Waals surface area contributed by atoms with E-state index < -0.39 is 17.8 Å². The number of hydrogen-bond acceptors (Lipinski definition) is 6. The number of ether oxygens (including phenoxy) is 2. The Kier molecular flexibility index (Phi) is 11.5. The van der Waals surface area contributed by atoms with E-state index in [1.54, 1.807) is 6.07 Å². The van der Waals surface area contributed by atoms with Crippen molar-refractivity contribution < 1.29 is 23.9 Å². The maximum atomic E-state index is 12.0. The number of benzene rings is 2. The van der Waals surface area contributed by atoms with Crippen LogP contribution < -0.4 is 20.9 Å². The maximum Gasteiger partial charge on any atom is 0.306 e. The van der Waals surface area contributed by atoms with Gasteiger partial charge in [-0.15, -0.1) is 0 Å². The first kappa shape index (κ1) is 26.8. The summed E-state index contributed by atoms with van der Waals surface area (Å²) < 4.78 is 10.7. The number of hydrazine groups is 1. The number of nitrogens with one attached hydrogen (secondary N) is 3. The molecular weight excluding hydrogens is 454 g/mol. The number of carbonyl (C=O) groups is 3. The normalized spacial score (nSPS) is 10.3. The Morgan fingerprint density at radius 1 is 0.912 bits per heavy atom. The molecule has 0 unspecified atom stereocenters. The van der Waals surface area contributed by atoms with Gasteiger partial charge in [0.1, 0.15) is 5.75 Å². The van der Waals surface area contributed by atoms with Crippen molar-refractivity contribution in [3.63, 3.8) is 0 Å². The number of esters is 1. The molecule has 0 saturated heterocycles. The van der Waals surface area contributed by atoms with Crippen LogP contribution in [0.2, 0.25) is 0 Å². The quantitative estimate of drug-likeness (QED) is 0.194. The molecule has 0 radical (unpaired) electrons. The van der Waals surface area contributed by atoms with E-state index in [1.807, 2.05) is 62.4 Å². The van der Waals surface area contributed by atoms with Crippen LogP contribution in [0, 0.1) is 0 Å². The van der Waals surface area contributed by atoms with E-state index in [2.05, 4.69) is 16.2 Å². The fraction of sp³-hybridized carbons (Fsp3) is 0.360. The van der Waals surface area contributed by atoms with Crippen LogP contribution in [0.15, 0.2) is 54.6 Å². The van der Waals surface area contributed by atoms with E-state index in [1.165, 1.54) is 5.56 Å². The van der Waals surface area contributed by atoms with Gasteiger partial charge in [0, 0.05) is 6.42 Å². The number of amides is 2. The smallest absolute Gasteiger partial charge is 0.306 e. The Hall–Kier alpha value is -3.46. The molecule has 9 heteroatoms. The Morgan fingerprint density at radius 2 is 1.62 bits per heavy atom. The van der Waals surface area contributed by atoms with E-state index in [4.69, 9.17) is 21.7 Å². The summed E-state index contributed by atoms with van der Waals surface area (Å²) in [5.74, 6) is -0.485. The number of hydrogen-bond donors (Lipinski definition) is 3. The zero-order valence-electron chi connectivity index (χ0n) is 19.5. The molecule has 2 rings (SSSR count). The lowest BCUT2D eigenvalue weighted by Gasteiger charge is -2.14. The maximum absolute atomic E-state index is 12.0. The first-order chi connectivity index (χ1) is 16.3. The van der Waals surface area contributed by atoms with Crippen molar-refractivity contribution in [2.75, 3.05) is 13.2 Å². The van der Waals surface area contributed by atoms with Crippen molar-refractivity contribution in [1.82, 2.24) is 16.2 Å². The van der Waals surface area contributed by atoms with Crippen molar-refractivity contribution in [2.45, 2.75) is 45.4 Å². The Bertz CT molecular complexity index is 966. The number of para-hydroxylation sites is 1. The van der Waals surface area contributed by atoms with Gasteiger partial charge >= 0.3 is 5.97 Å². The van der Waals surface area contributed by atoms with Crippen LogP contribution in [0.25, 0.3) is 0 Å². The fourth-order valence-corrected chi connectivity index (χ4v) is 3.17. The van der Waals surface area contributed by atoms with Crippen LogP contribution in [0.4, 0.5) is 0 Å². The summed E-state index contributed by atoms with van der Waals surface area (Å²) in [5.41, 5.74) is 6.97. The van der Waals surface area contributed by atoms with Gasteiger partial charge in [0.15, 0.2) is 11.7 Å². The van der Waals surface area contributed by atoms with Gasteiger partial charge in [0.2, 0.25) is 5.91 Å². The van der Waals surface area contributed by atoms with Gasteiger partial charge in [-0.3, -0.25) is 25.2 Å². The van der Waals surface area contributed by atoms with E-state index in [-0.39, 0.29) is 30.5 Å². The lowest BCUT2D eigenvalue weighted by atomic mass is 10.0. The van der Waals surface area contributed by atoms with Gasteiger partial charge in [0.05, 0.1) is 13.0 Å². The highest BCUT2D eigenvalue weighted by Gasteiger charge is 2.12. The van der Waals surface area contributed by atoms with E-state index in [0.29, 0.717) is 18.8 Å². The zero-order chi connectivity index (χ0) is 24.8. The molecule has 3 N–H and O–H groups in total. The third-order valence-electron chi connectivity index (χ3n) is 4.74. The summed E-state index contributed by atoms with van der Waals surface area (Å²) in [6.07, 6.45) is 1.38. The van der Waals surface area contributed by atoms with Crippen LogP contribution in [-0.2, 0) is 25.5 Å². The van der Waals surface area contributed by atoms with Crippen LogP contribution in [0.1, 0.15) is 50.2 Å². The van der Waals surface area contributed by atoms with Gasteiger partial charge in [-0.1, -0.05) is 62.4 Å². The molecule has 2 amide bonds. The largest absolute Gasteiger partial charge is 0.483 e. The number of carbonyl (C=O) groups excluding carboxylic acids is 3. The monoisotopic (exact) mass is 485 g/mol. The first-order valence-corrected chi connectivity index (χ1v) is 11.6. The van der Waals surface area contributed by atoms with Gasteiger partial charge in [0.25, 0.3) is 5.91 Å². The van der Waals surface area contributed by atoms with Crippen molar-refractivity contribution in [3.8, 4) is 5.75 Å². The van der Waals surface area contributed by atoms with Gasteiger partial charge in [-0.25, -0.2) is 0 Å². The second-order valence-electron chi connectivity index (χ2n) is 7.84. The molecule has 0 spiro atoms. The van der Waals surface area contributed by atoms with Crippen molar-refractivity contribution >= 4 is 35.1 Å². The highest BCUT2D eigenvalue weighted by molar-refractivity contribution is 7.80. The zero-order valence-corrected chi connectivity index (χ0v) is 20.3. The minimum atomic E-state index is -0.464. The topological polar surface area (TPSA) is 106 Å². The third kappa shape index (κ3) is 10.4. The second-order valence-corrected chi connectivity index (χ2v) is 8.25. The first-order valence-electron chi connectivity index (χ1n) is 11.1. The molecule has 0 bridgehead atoms. The molecule has 0 aliphatic carbocycles. The molecule has 0 aromatic heterocycles. The minimum absolute atomic E-state index is 0.0603. The molecule has 182 valence electrons. The lowest BCUT2D eigenvalue weighted by molar-refractivity contribution is -0.145. The van der Waals surface area contributed by atoms with Crippen molar-refractivity contribution in [3.05, 3.63) is 65.7 Å². The number of aryl methyl sites for hydroxylation is 1. The van der Waals surface area contributed by atoms with Gasteiger partial charge in [-0.2, -0.15) is 0 Å². The predicted molar refractivity (Wildman–Crippen MR) is 133 cm³/mol. The molecule has 2 aromatic carbocycles. The van der Waals surface area contributed by atoms with Crippen molar-refractivity contribution in [1.29, 1.82) is 0 Å². The summed E-state index contributed by atoms with van der Waals surface area (Å²) in [6, 6.07) is 17.4. The Balaban J connectivity index is 1.56. The van der Waals surface area contributed by atoms with Crippen molar-refractivity contribution in [2.24, 2.45) is 0 Å². The summed E-state index contributed by atoms with van der Waals surface area (Å²) in [7, 11) is 0. The van der Waals surface area contributed by atoms with Crippen LogP contribution in [-0.4, -0.2) is 36.1 Å². The van der Waals surface area contributed by atoms with Gasteiger partial charge < -0.3 is 14.8 Å². The fourth-order valence-electron chi connectivity index (χ4n) is 3.01. The molecule has 0 aliphatic heterocycles. The summed E-state index contributed by atoms with van der Waals surface area (Å²) in [5, 5.41) is 2.31. The standard InChI is InChI=1S/C25H31N3O5S/c1-18(2)20-12-6-7-13-21(20)33-17-23(30)27-28-25(34)26-22(29)14-15-24(31)32-16-8-11-19-9-4-3-5-10-19/h3-7,9-10,12-13,18H,8,11,14-17H2,1-2H3,(H,27,30)(H2,26,28,29,34). The molecule has 8 nitrogen and oxygen atoms in total. The number of thiocarbonyl (C=S) groups is 1. The Morgan fingerprint density at radius 3 is 2.35 bits per heavy atom. The molecule has 0 aliphatic rings. The van der Waals surface area contributed by atoms with E-state index >= 15 is 0 Å². The average molecular weight is 486 g/mol. The van der Waals surface area contributed by atoms with E-state index in [0.717, 1.165) is 12.0 Å². The molecule has 0 saturated carbocycles. The highest BCUT2D eigenvalue weighted by atomic mass is 32.1. The average Bonchev–Trinajstić information content (AvgIpc) is 2.83.